The zero-order valence-electron chi connectivity index (χ0n) is 10.8. The molecule has 0 aromatic heterocycles. The number of hydrogen-bond acceptors (Lipinski definition) is 4. The Morgan fingerprint density at radius 2 is 2.06 bits per heavy atom. The van der Waals surface area contributed by atoms with Crippen molar-refractivity contribution in [2.75, 3.05) is 6.54 Å². The third kappa shape index (κ3) is 4.28. The summed E-state index contributed by atoms with van der Waals surface area (Å²) in [5, 5.41) is 18.1. The molecule has 0 saturated carbocycles. The Kier molecular flexibility index (Phi) is 5.21. The van der Waals surface area contributed by atoms with Gasteiger partial charge in [-0.05, 0) is 26.7 Å². The van der Waals surface area contributed by atoms with E-state index in [1.165, 1.54) is 15.7 Å². The van der Waals surface area contributed by atoms with Gasteiger partial charge in [0.15, 0.2) is 0 Å². The van der Waals surface area contributed by atoms with Gasteiger partial charge < -0.3 is 10.2 Å². The van der Waals surface area contributed by atoms with Crippen LogP contribution in [0.25, 0.3) is 0 Å². The lowest BCUT2D eigenvalue weighted by Gasteiger charge is -2.24. The second kappa shape index (κ2) is 6.06. The molecule has 2 unspecified atom stereocenters. The second-order valence-corrected chi connectivity index (χ2v) is 7.76. The van der Waals surface area contributed by atoms with Crippen LogP contribution in [-0.2, 0) is 4.79 Å². The van der Waals surface area contributed by atoms with Crippen molar-refractivity contribution in [1.29, 1.82) is 0 Å². The van der Waals surface area contributed by atoms with Crippen LogP contribution in [0.5, 0.6) is 0 Å². The molecule has 0 radical (unpaired) electrons. The van der Waals surface area contributed by atoms with Crippen LogP contribution in [0.4, 0.5) is 4.79 Å². The lowest BCUT2D eigenvalue weighted by molar-refractivity contribution is -0.147. The van der Waals surface area contributed by atoms with Gasteiger partial charge in [-0.3, -0.25) is 9.69 Å². The molecule has 0 aliphatic carbocycles. The molecule has 5 nitrogen and oxygen atoms in total. The van der Waals surface area contributed by atoms with Crippen LogP contribution < -0.4 is 0 Å². The molecule has 0 bridgehead atoms. The molecule has 2 N–H and O–H groups in total. The molecule has 18 heavy (non-hydrogen) atoms. The van der Waals surface area contributed by atoms with Gasteiger partial charge in [0.2, 0.25) is 0 Å². The first-order valence-electron chi connectivity index (χ1n) is 5.83. The van der Waals surface area contributed by atoms with Gasteiger partial charge in [-0.15, -0.1) is 0 Å². The molecule has 1 fully saturated rings. The molecule has 104 valence electrons. The third-order valence-electron chi connectivity index (χ3n) is 2.89. The number of nitrogens with zero attached hydrogens (tertiary/aromatic N) is 1. The minimum Gasteiger partial charge on any atom is -0.481 e. The summed E-state index contributed by atoms with van der Waals surface area (Å²) >= 11 is 0. The molecule has 1 amide bonds. The van der Waals surface area contributed by atoms with Gasteiger partial charge in [-0.1, -0.05) is 28.5 Å². The van der Waals surface area contributed by atoms with E-state index in [9.17, 15) is 9.59 Å². The largest absolute Gasteiger partial charge is 0.481 e. The average molecular weight is 293 g/mol. The Balaban J connectivity index is 2.35. The Morgan fingerprint density at radius 3 is 2.44 bits per heavy atom. The van der Waals surface area contributed by atoms with Crippen molar-refractivity contribution in [3.8, 4) is 0 Å². The lowest BCUT2D eigenvalue weighted by atomic mass is 9.87. The predicted octanol–water partition coefficient (Wildman–Crippen LogP) is 2.97. The number of rotatable bonds is 7. The maximum Gasteiger partial charge on any atom is 0.408 e. The summed E-state index contributed by atoms with van der Waals surface area (Å²) < 4.78 is 0. The van der Waals surface area contributed by atoms with Crippen LogP contribution in [0, 0.1) is 5.41 Å². The van der Waals surface area contributed by atoms with Crippen LogP contribution in [0.1, 0.15) is 33.6 Å². The fraction of sp³-hybridized carbons (Fsp3) is 0.818. The minimum absolute atomic E-state index is 0.0366. The van der Waals surface area contributed by atoms with E-state index in [1.807, 2.05) is 6.92 Å². The van der Waals surface area contributed by atoms with Crippen molar-refractivity contribution >= 4 is 33.7 Å². The monoisotopic (exact) mass is 293 g/mol. The van der Waals surface area contributed by atoms with E-state index in [0.717, 1.165) is 6.42 Å². The minimum atomic E-state index is -0.882. The van der Waals surface area contributed by atoms with Crippen molar-refractivity contribution in [2.24, 2.45) is 5.41 Å². The highest BCUT2D eigenvalue weighted by molar-refractivity contribution is 8.77. The van der Waals surface area contributed by atoms with Crippen LogP contribution in [0.3, 0.4) is 0 Å². The van der Waals surface area contributed by atoms with E-state index in [2.05, 4.69) is 0 Å². The lowest BCUT2D eigenvalue weighted by Crippen LogP contribution is -2.27. The Labute approximate surface area is 115 Å². The van der Waals surface area contributed by atoms with Crippen LogP contribution >= 0.6 is 21.6 Å². The molecule has 7 heteroatoms. The molecule has 1 aliphatic heterocycles. The van der Waals surface area contributed by atoms with E-state index in [1.54, 1.807) is 24.6 Å². The number of hydrogen-bond donors (Lipinski definition) is 2. The maximum atomic E-state index is 11.1. The number of amides is 1. The summed E-state index contributed by atoms with van der Waals surface area (Å²) in [7, 11) is 3.14. The first-order valence-corrected chi connectivity index (χ1v) is 8.10. The van der Waals surface area contributed by atoms with Crippen molar-refractivity contribution < 1.29 is 19.8 Å². The average Bonchev–Trinajstić information content (AvgIpc) is 3.03. The highest BCUT2D eigenvalue weighted by Gasteiger charge is 2.40. The fourth-order valence-corrected chi connectivity index (χ4v) is 4.73. The zero-order chi connectivity index (χ0) is 13.9. The topological polar surface area (TPSA) is 77.6 Å². The van der Waals surface area contributed by atoms with Crippen LogP contribution in [-0.4, -0.2) is 44.3 Å². The van der Waals surface area contributed by atoms with E-state index in [0.29, 0.717) is 13.0 Å². The molecule has 1 saturated heterocycles. The van der Waals surface area contributed by atoms with Crippen molar-refractivity contribution in [1.82, 2.24) is 4.90 Å². The first kappa shape index (κ1) is 15.5. The molecular weight excluding hydrogens is 274 g/mol. The van der Waals surface area contributed by atoms with E-state index in [-0.39, 0.29) is 10.6 Å². The Hall–Kier alpha value is -0.560. The first-order chi connectivity index (χ1) is 8.27. The van der Waals surface area contributed by atoms with Gasteiger partial charge in [-0.25, -0.2) is 4.79 Å². The molecule has 1 aliphatic rings. The summed E-state index contributed by atoms with van der Waals surface area (Å²) in [5.74, 6) is -0.787. The maximum absolute atomic E-state index is 11.1. The quantitative estimate of drug-likeness (QED) is 0.555. The molecule has 2 atom stereocenters. The SMILES string of the molecule is CCC(CC(C)(C)C(=O)O)SSC1CN1C(=O)O. The smallest absolute Gasteiger partial charge is 0.408 e. The highest BCUT2D eigenvalue weighted by Crippen LogP contribution is 2.43. The normalized spacial score (nSPS) is 20.6. The van der Waals surface area contributed by atoms with E-state index >= 15 is 0 Å². The fourth-order valence-electron chi connectivity index (χ4n) is 1.45. The third-order valence-corrected chi connectivity index (χ3v) is 6.21. The van der Waals surface area contributed by atoms with Crippen LogP contribution in [0.2, 0.25) is 0 Å². The summed E-state index contributed by atoms with van der Waals surface area (Å²) in [4.78, 5) is 23.1. The second-order valence-electron chi connectivity index (χ2n) is 5.01. The number of carboxylic acid groups (broad SMARTS) is 2. The Bertz CT molecular complexity index is 335. The van der Waals surface area contributed by atoms with E-state index < -0.39 is 17.5 Å². The van der Waals surface area contributed by atoms with Crippen LogP contribution in [0.15, 0.2) is 0 Å². The van der Waals surface area contributed by atoms with E-state index in [4.69, 9.17) is 10.2 Å². The van der Waals surface area contributed by atoms with Crippen molar-refractivity contribution in [3.05, 3.63) is 0 Å². The van der Waals surface area contributed by atoms with Gasteiger partial charge in [0.05, 0.1) is 12.0 Å². The summed E-state index contributed by atoms with van der Waals surface area (Å²) in [6.07, 6.45) is 0.594. The summed E-state index contributed by atoms with van der Waals surface area (Å²) in [5.41, 5.74) is -0.732. The molecule has 0 spiro atoms. The number of carboxylic acids is 1. The van der Waals surface area contributed by atoms with Gasteiger partial charge in [0.25, 0.3) is 0 Å². The summed E-state index contributed by atoms with van der Waals surface area (Å²) in [6, 6.07) is 0. The number of carbonyl (C=O) groups is 2. The predicted molar refractivity (Wildman–Crippen MR) is 73.8 cm³/mol. The molecule has 0 aromatic carbocycles. The Morgan fingerprint density at radius 1 is 1.44 bits per heavy atom. The molecule has 1 rings (SSSR count). The number of aliphatic carboxylic acids is 1. The van der Waals surface area contributed by atoms with Crippen molar-refractivity contribution in [3.63, 3.8) is 0 Å². The standard InChI is InChI=1S/C11H19NO4S2/c1-4-7(5-11(2,3)9(13)14)17-18-8-6-12(8)10(15)16/h7-8H,4-6H2,1-3H3,(H,13,14)(H,15,16). The zero-order valence-corrected chi connectivity index (χ0v) is 12.4. The molecule has 1 heterocycles. The van der Waals surface area contributed by atoms with Gasteiger partial charge >= 0.3 is 12.1 Å². The van der Waals surface area contributed by atoms with Gasteiger partial charge in [0, 0.05) is 5.25 Å². The van der Waals surface area contributed by atoms with Gasteiger partial charge in [-0.2, -0.15) is 0 Å². The highest BCUT2D eigenvalue weighted by atomic mass is 33.1. The van der Waals surface area contributed by atoms with Crippen molar-refractivity contribution in [2.45, 2.75) is 44.2 Å². The van der Waals surface area contributed by atoms with Gasteiger partial charge in [0.1, 0.15) is 5.37 Å². The molecule has 0 aromatic rings. The molecular formula is C11H19NO4S2. The summed E-state index contributed by atoms with van der Waals surface area (Å²) in [6.45, 7) is 6.05.